The van der Waals surface area contributed by atoms with Gasteiger partial charge >= 0.3 is 0 Å². The van der Waals surface area contributed by atoms with E-state index in [0.29, 0.717) is 5.56 Å². The third kappa shape index (κ3) is 3.03. The van der Waals surface area contributed by atoms with Crippen molar-refractivity contribution < 1.29 is 4.79 Å². The number of amides is 1. The maximum Gasteiger partial charge on any atom is 0.229 e. The molecule has 0 saturated heterocycles. The maximum absolute atomic E-state index is 11.9. The first-order valence-corrected chi connectivity index (χ1v) is 7.71. The fourth-order valence-corrected chi connectivity index (χ4v) is 2.91. The zero-order valence-corrected chi connectivity index (χ0v) is 13.6. The Labute approximate surface area is 140 Å². The topological polar surface area (TPSA) is 86.7 Å². The van der Waals surface area contributed by atoms with Gasteiger partial charge in [-0.15, -0.1) is 0 Å². The number of nitrogens with two attached hydrogens (primary N) is 1. The summed E-state index contributed by atoms with van der Waals surface area (Å²) >= 11 is 0. The number of hydrogen-bond acceptors (Lipinski definition) is 4. The molecule has 0 aliphatic carbocycles. The van der Waals surface area contributed by atoms with E-state index in [1.54, 1.807) is 18.6 Å². The molecule has 3 aromatic rings. The van der Waals surface area contributed by atoms with Gasteiger partial charge in [-0.3, -0.25) is 4.79 Å². The summed E-state index contributed by atoms with van der Waals surface area (Å²) in [5, 5.41) is 0. The molecule has 2 N–H and O–H groups in total. The van der Waals surface area contributed by atoms with E-state index >= 15 is 0 Å². The lowest BCUT2D eigenvalue weighted by molar-refractivity contribution is -0.118. The Kier molecular flexibility index (Phi) is 4.37. The first-order valence-electron chi connectivity index (χ1n) is 7.71. The molecule has 0 aliphatic heterocycles. The highest BCUT2D eigenvalue weighted by Gasteiger charge is 2.21. The van der Waals surface area contributed by atoms with E-state index in [9.17, 15) is 4.79 Å². The molecule has 1 unspecified atom stereocenters. The summed E-state index contributed by atoms with van der Waals surface area (Å²) < 4.78 is 2.10. The van der Waals surface area contributed by atoms with E-state index in [0.717, 1.165) is 17.0 Å². The van der Waals surface area contributed by atoms with Crippen LogP contribution < -0.4 is 5.73 Å². The molecule has 2 heterocycles. The van der Waals surface area contributed by atoms with E-state index in [2.05, 4.69) is 26.4 Å². The molecule has 24 heavy (non-hydrogen) atoms. The summed E-state index contributed by atoms with van der Waals surface area (Å²) in [5.41, 5.74) is 8.24. The quantitative estimate of drug-likeness (QED) is 0.780. The lowest BCUT2D eigenvalue weighted by Gasteiger charge is -2.18. The van der Waals surface area contributed by atoms with E-state index in [4.69, 9.17) is 5.73 Å². The van der Waals surface area contributed by atoms with Gasteiger partial charge in [-0.05, 0) is 25.0 Å². The Morgan fingerprint density at radius 3 is 2.25 bits per heavy atom. The first-order chi connectivity index (χ1) is 11.6. The van der Waals surface area contributed by atoms with Gasteiger partial charge in [0.25, 0.3) is 0 Å². The van der Waals surface area contributed by atoms with Crippen LogP contribution in [0.5, 0.6) is 0 Å². The van der Waals surface area contributed by atoms with Crippen LogP contribution >= 0.6 is 0 Å². The minimum absolute atomic E-state index is 0.161. The predicted molar refractivity (Wildman–Crippen MR) is 90.3 cm³/mol. The number of benzene rings is 1. The van der Waals surface area contributed by atoms with Crippen molar-refractivity contribution >= 4 is 5.91 Å². The fraction of sp³-hybridized carbons (Fsp3) is 0.222. The molecular formula is C18H19N5O. The van der Waals surface area contributed by atoms with Gasteiger partial charge in [0.2, 0.25) is 5.91 Å². The average Bonchev–Trinajstić information content (AvgIpc) is 3.02. The van der Waals surface area contributed by atoms with Gasteiger partial charge in [-0.25, -0.2) is 15.0 Å². The molecule has 2 aromatic heterocycles. The van der Waals surface area contributed by atoms with Crippen LogP contribution in [-0.4, -0.2) is 25.4 Å². The number of aromatic nitrogens is 4. The minimum Gasteiger partial charge on any atom is -0.369 e. The van der Waals surface area contributed by atoms with Gasteiger partial charge in [-0.2, -0.15) is 0 Å². The predicted octanol–water partition coefficient (Wildman–Crippen LogP) is 2.21. The SMILES string of the molecule is Cc1nccn1[C@@H](C)c1ccc(C(C(N)=O)c2cncnc2)cc1. The Morgan fingerprint density at radius 1 is 1.08 bits per heavy atom. The van der Waals surface area contributed by atoms with Crippen molar-refractivity contribution in [3.05, 3.63) is 77.9 Å². The van der Waals surface area contributed by atoms with Crippen LogP contribution in [0.2, 0.25) is 0 Å². The minimum atomic E-state index is -0.550. The van der Waals surface area contributed by atoms with Gasteiger partial charge in [0.1, 0.15) is 12.2 Å². The molecule has 0 radical (unpaired) electrons. The van der Waals surface area contributed by atoms with Crippen LogP contribution in [-0.2, 0) is 4.79 Å². The zero-order valence-electron chi connectivity index (χ0n) is 13.6. The van der Waals surface area contributed by atoms with Crippen LogP contribution in [0.3, 0.4) is 0 Å². The molecule has 1 aromatic carbocycles. The van der Waals surface area contributed by atoms with Gasteiger partial charge in [0.05, 0.1) is 12.0 Å². The van der Waals surface area contributed by atoms with Crippen molar-refractivity contribution in [1.82, 2.24) is 19.5 Å². The van der Waals surface area contributed by atoms with Gasteiger partial charge in [0, 0.05) is 30.4 Å². The second-order valence-corrected chi connectivity index (χ2v) is 5.73. The van der Waals surface area contributed by atoms with Gasteiger partial charge < -0.3 is 10.3 Å². The molecule has 0 fully saturated rings. The third-order valence-electron chi connectivity index (χ3n) is 4.23. The second kappa shape index (κ2) is 6.62. The number of carbonyl (C=O) groups excluding carboxylic acids is 1. The molecule has 1 amide bonds. The number of nitrogens with zero attached hydrogens (tertiary/aromatic N) is 4. The van der Waals surface area contributed by atoms with Crippen LogP contribution in [0.4, 0.5) is 0 Å². The van der Waals surface area contributed by atoms with Crippen molar-refractivity contribution in [2.75, 3.05) is 0 Å². The van der Waals surface area contributed by atoms with Crippen molar-refractivity contribution in [2.45, 2.75) is 25.8 Å². The van der Waals surface area contributed by atoms with Crippen LogP contribution in [0.15, 0.2) is 55.4 Å². The van der Waals surface area contributed by atoms with Gasteiger partial charge in [0.15, 0.2) is 0 Å². The van der Waals surface area contributed by atoms with Crippen molar-refractivity contribution in [2.24, 2.45) is 5.73 Å². The molecular weight excluding hydrogens is 302 g/mol. The van der Waals surface area contributed by atoms with Gasteiger partial charge in [-0.1, -0.05) is 24.3 Å². The second-order valence-electron chi connectivity index (χ2n) is 5.73. The molecule has 6 heteroatoms. The normalized spacial score (nSPS) is 13.4. The highest BCUT2D eigenvalue weighted by Crippen LogP contribution is 2.26. The van der Waals surface area contributed by atoms with Crippen LogP contribution in [0.1, 0.15) is 41.4 Å². The van der Waals surface area contributed by atoms with Crippen molar-refractivity contribution in [3.8, 4) is 0 Å². The number of imidazole rings is 1. The Bertz CT molecular complexity index is 826. The van der Waals surface area contributed by atoms with E-state index < -0.39 is 11.8 Å². The third-order valence-corrected chi connectivity index (χ3v) is 4.23. The number of primary amides is 1. The standard InChI is InChI=1S/C18H19N5O/c1-12(23-8-7-22-13(23)2)14-3-5-15(6-4-14)17(18(19)24)16-9-20-11-21-10-16/h3-12,17H,1-2H3,(H2,19,24)/t12-,17?/m0/s1. The van der Waals surface area contributed by atoms with E-state index in [-0.39, 0.29) is 6.04 Å². The number of rotatable bonds is 5. The summed E-state index contributed by atoms with van der Waals surface area (Å²) in [7, 11) is 0. The number of carbonyl (C=O) groups is 1. The smallest absolute Gasteiger partial charge is 0.229 e. The zero-order chi connectivity index (χ0) is 17.1. The van der Waals surface area contributed by atoms with E-state index in [1.165, 1.54) is 6.33 Å². The maximum atomic E-state index is 11.9. The monoisotopic (exact) mass is 321 g/mol. The lowest BCUT2D eigenvalue weighted by atomic mass is 9.91. The fourth-order valence-electron chi connectivity index (χ4n) is 2.91. The highest BCUT2D eigenvalue weighted by atomic mass is 16.1. The molecule has 6 nitrogen and oxygen atoms in total. The lowest BCUT2D eigenvalue weighted by Crippen LogP contribution is -2.22. The number of aryl methyl sites for hydroxylation is 1. The molecule has 3 rings (SSSR count). The Morgan fingerprint density at radius 2 is 1.71 bits per heavy atom. The Balaban J connectivity index is 1.91. The summed E-state index contributed by atoms with van der Waals surface area (Å²) in [4.78, 5) is 24.1. The molecule has 0 bridgehead atoms. The molecule has 0 spiro atoms. The first kappa shape index (κ1) is 15.9. The van der Waals surface area contributed by atoms with Crippen molar-refractivity contribution in [1.29, 1.82) is 0 Å². The average molecular weight is 321 g/mol. The highest BCUT2D eigenvalue weighted by molar-refractivity contribution is 5.85. The number of hydrogen-bond donors (Lipinski definition) is 1. The summed E-state index contributed by atoms with van der Waals surface area (Å²) in [6, 6.07) is 8.05. The molecule has 2 atom stereocenters. The van der Waals surface area contributed by atoms with E-state index in [1.807, 2.05) is 37.4 Å². The summed E-state index contributed by atoms with van der Waals surface area (Å²) in [6.07, 6.45) is 8.42. The molecule has 0 aliphatic rings. The van der Waals surface area contributed by atoms with Crippen molar-refractivity contribution in [3.63, 3.8) is 0 Å². The molecule has 0 saturated carbocycles. The molecule has 122 valence electrons. The largest absolute Gasteiger partial charge is 0.369 e. The summed E-state index contributed by atoms with van der Waals surface area (Å²) in [6.45, 7) is 4.09. The van der Waals surface area contributed by atoms with Crippen LogP contribution in [0, 0.1) is 6.92 Å². The summed E-state index contributed by atoms with van der Waals surface area (Å²) in [5.74, 6) is -0.00962. The Hall–Kier alpha value is -3.02. The van der Waals surface area contributed by atoms with Crippen LogP contribution in [0.25, 0.3) is 0 Å².